The number of piperidine rings is 2. The van der Waals surface area contributed by atoms with E-state index in [0.29, 0.717) is 26.1 Å². The number of aliphatic hydroxyl groups is 1. The van der Waals surface area contributed by atoms with Gasteiger partial charge in [0, 0.05) is 38.7 Å². The summed E-state index contributed by atoms with van der Waals surface area (Å²) in [5.74, 6) is 0.446. The second kappa shape index (κ2) is 8.34. The molecule has 3 N–H and O–H groups in total. The van der Waals surface area contributed by atoms with Gasteiger partial charge in [0.1, 0.15) is 0 Å². The minimum Gasteiger partial charge on any atom is -0.396 e. The third-order valence-electron chi connectivity index (χ3n) is 4.46. The molecule has 21 heavy (non-hydrogen) atoms. The van der Waals surface area contributed by atoms with Gasteiger partial charge in [-0.3, -0.25) is 9.59 Å². The molecule has 0 aromatic rings. The molecule has 2 aliphatic heterocycles. The van der Waals surface area contributed by atoms with Gasteiger partial charge >= 0.3 is 0 Å². The third-order valence-corrected chi connectivity index (χ3v) is 4.46. The predicted octanol–water partition coefficient (Wildman–Crippen LogP) is -0.277. The number of nitrogens with one attached hydrogen (secondary N) is 2. The van der Waals surface area contributed by atoms with Gasteiger partial charge < -0.3 is 20.6 Å². The second-order valence-corrected chi connectivity index (χ2v) is 6.01. The summed E-state index contributed by atoms with van der Waals surface area (Å²) >= 11 is 0. The van der Waals surface area contributed by atoms with Crippen molar-refractivity contribution in [3.05, 3.63) is 0 Å². The monoisotopic (exact) mass is 297 g/mol. The summed E-state index contributed by atoms with van der Waals surface area (Å²) in [6.07, 6.45) is 4.14. The molecule has 0 radical (unpaired) electrons. The van der Waals surface area contributed by atoms with Gasteiger partial charge in [0.15, 0.2) is 0 Å². The molecule has 0 aromatic heterocycles. The van der Waals surface area contributed by atoms with Gasteiger partial charge in [0.25, 0.3) is 0 Å². The molecule has 120 valence electrons. The van der Waals surface area contributed by atoms with Crippen LogP contribution in [0.15, 0.2) is 0 Å². The Morgan fingerprint density at radius 1 is 1.19 bits per heavy atom. The Morgan fingerprint density at radius 3 is 2.57 bits per heavy atom. The Kier molecular flexibility index (Phi) is 6.45. The van der Waals surface area contributed by atoms with Crippen molar-refractivity contribution in [3.8, 4) is 0 Å². The first-order valence-electron chi connectivity index (χ1n) is 8.10. The maximum atomic E-state index is 12.4. The zero-order valence-electron chi connectivity index (χ0n) is 12.6. The molecule has 2 saturated heterocycles. The predicted molar refractivity (Wildman–Crippen MR) is 79.6 cm³/mol. The fourth-order valence-corrected chi connectivity index (χ4v) is 3.12. The number of nitrogens with zero attached hydrogens (tertiary/aromatic N) is 1. The highest BCUT2D eigenvalue weighted by atomic mass is 16.3. The zero-order chi connectivity index (χ0) is 15.1. The second-order valence-electron chi connectivity index (χ2n) is 6.01. The van der Waals surface area contributed by atoms with Gasteiger partial charge in [-0.1, -0.05) is 0 Å². The minimum atomic E-state index is 0.0113. The molecule has 2 aliphatic rings. The van der Waals surface area contributed by atoms with Crippen LogP contribution in [0.1, 0.15) is 32.1 Å². The van der Waals surface area contributed by atoms with Gasteiger partial charge in [-0.15, -0.1) is 0 Å². The van der Waals surface area contributed by atoms with Crippen molar-refractivity contribution in [2.75, 3.05) is 39.3 Å². The van der Waals surface area contributed by atoms with Crippen LogP contribution in [0.3, 0.4) is 0 Å². The highest BCUT2D eigenvalue weighted by molar-refractivity contribution is 5.81. The van der Waals surface area contributed by atoms with Crippen LogP contribution in [-0.2, 0) is 9.59 Å². The van der Waals surface area contributed by atoms with Gasteiger partial charge in [0.2, 0.25) is 11.8 Å². The number of hydrogen-bond donors (Lipinski definition) is 3. The lowest BCUT2D eigenvalue weighted by molar-refractivity contribution is -0.139. The van der Waals surface area contributed by atoms with E-state index < -0.39 is 0 Å². The van der Waals surface area contributed by atoms with E-state index in [0.717, 1.165) is 38.8 Å². The smallest absolute Gasteiger partial charge is 0.226 e. The number of likely N-dealkylation sites (tertiary alicyclic amines) is 1. The Hall–Kier alpha value is -1.14. The molecule has 2 amide bonds. The van der Waals surface area contributed by atoms with Crippen molar-refractivity contribution in [2.45, 2.75) is 32.1 Å². The summed E-state index contributed by atoms with van der Waals surface area (Å²) in [6.45, 7) is 3.81. The van der Waals surface area contributed by atoms with Crippen molar-refractivity contribution in [1.82, 2.24) is 15.5 Å². The topological polar surface area (TPSA) is 81.7 Å². The number of amides is 2. The molecular formula is C15H27N3O3. The van der Waals surface area contributed by atoms with E-state index in [1.807, 2.05) is 4.90 Å². The highest BCUT2D eigenvalue weighted by Gasteiger charge is 2.31. The molecule has 6 nitrogen and oxygen atoms in total. The van der Waals surface area contributed by atoms with Crippen LogP contribution in [-0.4, -0.2) is 61.2 Å². The molecule has 0 bridgehead atoms. The van der Waals surface area contributed by atoms with Gasteiger partial charge in [-0.25, -0.2) is 0 Å². The van der Waals surface area contributed by atoms with Crippen molar-refractivity contribution < 1.29 is 14.7 Å². The van der Waals surface area contributed by atoms with Crippen molar-refractivity contribution in [2.24, 2.45) is 11.8 Å². The summed E-state index contributed by atoms with van der Waals surface area (Å²) in [6, 6.07) is 0. The molecule has 0 unspecified atom stereocenters. The highest BCUT2D eigenvalue weighted by Crippen LogP contribution is 2.21. The maximum absolute atomic E-state index is 12.4. The first-order valence-corrected chi connectivity index (χ1v) is 8.10. The van der Waals surface area contributed by atoms with Crippen LogP contribution in [0.4, 0.5) is 0 Å². The molecule has 0 saturated carbocycles. The molecule has 6 heteroatoms. The molecule has 0 spiro atoms. The summed E-state index contributed by atoms with van der Waals surface area (Å²) < 4.78 is 0. The number of hydrogen-bond acceptors (Lipinski definition) is 4. The molecule has 1 atom stereocenters. The van der Waals surface area contributed by atoms with E-state index in [4.69, 9.17) is 5.11 Å². The summed E-state index contributed by atoms with van der Waals surface area (Å²) in [4.78, 5) is 26.3. The van der Waals surface area contributed by atoms with Crippen LogP contribution >= 0.6 is 0 Å². The first-order chi connectivity index (χ1) is 10.2. The van der Waals surface area contributed by atoms with Crippen molar-refractivity contribution in [3.63, 3.8) is 0 Å². The molecule has 0 aromatic carbocycles. The Balaban J connectivity index is 1.72. The number of carbonyl (C=O) groups excluding carboxylic acids is 2. The Labute approximate surface area is 126 Å². The van der Waals surface area contributed by atoms with E-state index >= 15 is 0 Å². The van der Waals surface area contributed by atoms with Gasteiger partial charge in [-0.2, -0.15) is 0 Å². The fraction of sp³-hybridized carbons (Fsp3) is 0.867. The lowest BCUT2D eigenvalue weighted by Crippen LogP contribution is -2.48. The van der Waals surface area contributed by atoms with Crippen molar-refractivity contribution in [1.29, 1.82) is 0 Å². The molecule has 2 heterocycles. The van der Waals surface area contributed by atoms with Crippen LogP contribution in [0, 0.1) is 11.8 Å². The first kappa shape index (κ1) is 16.2. The van der Waals surface area contributed by atoms with E-state index in [1.54, 1.807) is 0 Å². The summed E-state index contributed by atoms with van der Waals surface area (Å²) in [5.41, 5.74) is 0. The Morgan fingerprint density at radius 2 is 1.95 bits per heavy atom. The van der Waals surface area contributed by atoms with Crippen molar-refractivity contribution >= 4 is 11.8 Å². The number of carbonyl (C=O) groups is 2. The largest absolute Gasteiger partial charge is 0.396 e. The standard InChI is InChI=1S/C15H27N3O3/c19-10-2-7-17-14(20)12-4-8-18(9-5-12)15(21)13-3-1-6-16-11-13/h12-13,16,19H,1-11H2,(H,17,20)/t13-/m0/s1. The SMILES string of the molecule is O=C(NCCCO)C1CCN(C(=O)[C@H]2CCCNC2)CC1. The summed E-state index contributed by atoms with van der Waals surface area (Å²) in [5, 5.41) is 14.8. The quantitative estimate of drug-likeness (QED) is 0.610. The average Bonchev–Trinajstić information content (AvgIpc) is 2.55. The average molecular weight is 297 g/mol. The zero-order valence-corrected chi connectivity index (χ0v) is 12.6. The van der Waals surface area contributed by atoms with Gasteiger partial charge in [0.05, 0.1) is 5.92 Å². The number of aliphatic hydroxyl groups excluding tert-OH is 1. The Bertz CT molecular complexity index is 348. The molecule has 2 rings (SSSR count). The minimum absolute atomic E-state index is 0.0113. The molecular weight excluding hydrogens is 270 g/mol. The molecule has 0 aliphatic carbocycles. The fourth-order valence-electron chi connectivity index (χ4n) is 3.12. The van der Waals surface area contributed by atoms with E-state index in [9.17, 15) is 9.59 Å². The third kappa shape index (κ3) is 4.68. The van der Waals surface area contributed by atoms with E-state index in [-0.39, 0.29) is 30.3 Å². The van der Waals surface area contributed by atoms with Crippen LogP contribution in [0.25, 0.3) is 0 Å². The summed E-state index contributed by atoms with van der Waals surface area (Å²) in [7, 11) is 0. The normalized spacial score (nSPS) is 23.9. The van der Waals surface area contributed by atoms with Crippen LogP contribution < -0.4 is 10.6 Å². The lowest BCUT2D eigenvalue weighted by Gasteiger charge is -2.34. The van der Waals surface area contributed by atoms with E-state index in [2.05, 4.69) is 10.6 Å². The molecule has 2 fully saturated rings. The van der Waals surface area contributed by atoms with E-state index in [1.165, 1.54) is 0 Å². The lowest BCUT2D eigenvalue weighted by atomic mass is 9.93. The number of rotatable bonds is 5. The van der Waals surface area contributed by atoms with Gasteiger partial charge in [-0.05, 0) is 38.6 Å². The van der Waals surface area contributed by atoms with Crippen LogP contribution in [0.2, 0.25) is 0 Å². The van der Waals surface area contributed by atoms with Crippen LogP contribution in [0.5, 0.6) is 0 Å². The maximum Gasteiger partial charge on any atom is 0.226 e.